The van der Waals surface area contributed by atoms with Gasteiger partial charge in [-0.3, -0.25) is 9.78 Å². The molecule has 3 N–H and O–H groups in total. The second-order valence-corrected chi connectivity index (χ2v) is 4.45. The fourth-order valence-electron chi connectivity index (χ4n) is 1.68. The van der Waals surface area contributed by atoms with E-state index in [1.807, 2.05) is 13.8 Å². The zero-order valence-electron chi connectivity index (χ0n) is 9.88. The Balaban J connectivity index is 3.08. The summed E-state index contributed by atoms with van der Waals surface area (Å²) in [5.74, 6) is -1.90. The fourth-order valence-corrected chi connectivity index (χ4v) is 1.68. The molecule has 0 saturated heterocycles. The van der Waals surface area contributed by atoms with Crippen LogP contribution in [0.2, 0.25) is 0 Å². The number of ketones is 1. The third-order valence-corrected chi connectivity index (χ3v) is 2.44. The highest BCUT2D eigenvalue weighted by molar-refractivity contribution is 6.15. The summed E-state index contributed by atoms with van der Waals surface area (Å²) in [4.78, 5) is 27.1. The predicted molar refractivity (Wildman–Crippen MR) is 62.6 cm³/mol. The number of hydrogen-bond donors (Lipinski definition) is 2. The molecular weight excluding hydrogens is 220 g/mol. The molecule has 17 heavy (non-hydrogen) atoms. The number of carboxylic acid groups (broad SMARTS) is 1. The van der Waals surface area contributed by atoms with E-state index in [2.05, 4.69) is 4.98 Å². The SMILES string of the molecule is CC(C)CC(N)(C(=O)O)C(=O)c1cccnc1. The molecule has 0 radical (unpaired) electrons. The molecule has 1 aromatic heterocycles. The lowest BCUT2D eigenvalue weighted by Gasteiger charge is -2.24. The topological polar surface area (TPSA) is 93.3 Å². The largest absolute Gasteiger partial charge is 0.480 e. The van der Waals surface area contributed by atoms with Gasteiger partial charge in [-0.25, -0.2) is 4.79 Å². The molecule has 5 nitrogen and oxygen atoms in total. The van der Waals surface area contributed by atoms with Crippen LogP contribution in [0.4, 0.5) is 0 Å². The fraction of sp³-hybridized carbons (Fsp3) is 0.417. The van der Waals surface area contributed by atoms with Crippen LogP contribution in [0.3, 0.4) is 0 Å². The van der Waals surface area contributed by atoms with E-state index in [-0.39, 0.29) is 17.9 Å². The van der Waals surface area contributed by atoms with Gasteiger partial charge in [-0.1, -0.05) is 13.8 Å². The summed E-state index contributed by atoms with van der Waals surface area (Å²) in [7, 11) is 0. The highest BCUT2D eigenvalue weighted by Crippen LogP contribution is 2.19. The monoisotopic (exact) mass is 236 g/mol. The van der Waals surface area contributed by atoms with Crippen molar-refractivity contribution in [3.8, 4) is 0 Å². The lowest BCUT2D eigenvalue weighted by Crippen LogP contribution is -2.55. The zero-order chi connectivity index (χ0) is 13.1. The summed E-state index contributed by atoms with van der Waals surface area (Å²) in [6.45, 7) is 3.64. The van der Waals surface area contributed by atoms with Crippen LogP contribution in [0.15, 0.2) is 24.5 Å². The Kier molecular flexibility index (Phi) is 3.96. The molecule has 0 fully saturated rings. The van der Waals surface area contributed by atoms with Gasteiger partial charge in [-0.05, 0) is 24.5 Å². The molecular formula is C12H16N2O3. The molecule has 0 spiro atoms. The van der Waals surface area contributed by atoms with Crippen molar-refractivity contribution in [2.75, 3.05) is 0 Å². The average molecular weight is 236 g/mol. The predicted octanol–water partition coefficient (Wildman–Crippen LogP) is 1.09. The first kappa shape index (κ1) is 13.3. The molecule has 1 atom stereocenters. The Hall–Kier alpha value is -1.75. The number of Topliss-reactive ketones (excluding diaryl/α,β-unsaturated/α-hetero) is 1. The van der Waals surface area contributed by atoms with Gasteiger partial charge in [0, 0.05) is 18.0 Å². The number of hydrogen-bond acceptors (Lipinski definition) is 4. The third-order valence-electron chi connectivity index (χ3n) is 2.44. The molecule has 0 aromatic carbocycles. The van der Waals surface area contributed by atoms with Crippen molar-refractivity contribution in [2.45, 2.75) is 25.8 Å². The van der Waals surface area contributed by atoms with Gasteiger partial charge in [0.2, 0.25) is 0 Å². The van der Waals surface area contributed by atoms with Crippen molar-refractivity contribution in [2.24, 2.45) is 11.7 Å². The Bertz CT molecular complexity index is 417. The highest BCUT2D eigenvalue weighted by Gasteiger charge is 2.42. The quantitative estimate of drug-likeness (QED) is 0.589. The number of rotatable bonds is 5. The smallest absolute Gasteiger partial charge is 0.331 e. The first-order chi connectivity index (χ1) is 7.88. The van der Waals surface area contributed by atoms with E-state index in [9.17, 15) is 9.59 Å². The van der Waals surface area contributed by atoms with Gasteiger partial charge in [-0.15, -0.1) is 0 Å². The summed E-state index contributed by atoms with van der Waals surface area (Å²) < 4.78 is 0. The summed E-state index contributed by atoms with van der Waals surface area (Å²) >= 11 is 0. The van der Waals surface area contributed by atoms with Gasteiger partial charge < -0.3 is 10.8 Å². The van der Waals surface area contributed by atoms with Gasteiger partial charge in [0.25, 0.3) is 0 Å². The van der Waals surface area contributed by atoms with E-state index in [1.54, 1.807) is 6.07 Å². The normalized spacial score (nSPS) is 14.4. The van der Waals surface area contributed by atoms with E-state index in [4.69, 9.17) is 10.8 Å². The Morgan fingerprint density at radius 2 is 2.18 bits per heavy atom. The van der Waals surface area contributed by atoms with E-state index in [0.29, 0.717) is 0 Å². The summed E-state index contributed by atoms with van der Waals surface area (Å²) in [5.41, 5.74) is 4.08. The first-order valence-electron chi connectivity index (χ1n) is 5.35. The van der Waals surface area contributed by atoms with Crippen LogP contribution in [0.5, 0.6) is 0 Å². The van der Waals surface area contributed by atoms with Crippen LogP contribution in [0.25, 0.3) is 0 Å². The average Bonchev–Trinajstić information content (AvgIpc) is 2.28. The van der Waals surface area contributed by atoms with Crippen LogP contribution in [0.1, 0.15) is 30.6 Å². The summed E-state index contributed by atoms with van der Waals surface area (Å²) in [5, 5.41) is 9.15. The first-order valence-corrected chi connectivity index (χ1v) is 5.35. The number of carbonyl (C=O) groups excluding carboxylic acids is 1. The maximum absolute atomic E-state index is 12.1. The number of nitrogens with zero attached hydrogens (tertiary/aromatic N) is 1. The molecule has 92 valence electrons. The lowest BCUT2D eigenvalue weighted by molar-refractivity contribution is -0.141. The van der Waals surface area contributed by atoms with Gasteiger partial charge in [-0.2, -0.15) is 0 Å². The maximum Gasteiger partial charge on any atom is 0.331 e. The number of nitrogens with two attached hydrogens (primary N) is 1. The van der Waals surface area contributed by atoms with Crippen LogP contribution < -0.4 is 5.73 Å². The number of carbonyl (C=O) groups is 2. The molecule has 1 heterocycles. The van der Waals surface area contributed by atoms with Gasteiger partial charge in [0.1, 0.15) is 0 Å². The van der Waals surface area contributed by atoms with Crippen molar-refractivity contribution in [3.05, 3.63) is 30.1 Å². The van der Waals surface area contributed by atoms with E-state index >= 15 is 0 Å². The Labute approximate surface area is 99.7 Å². The van der Waals surface area contributed by atoms with E-state index < -0.39 is 17.3 Å². The molecule has 1 rings (SSSR count). The standard InChI is InChI=1S/C12H16N2O3/c1-8(2)6-12(13,11(16)17)10(15)9-4-3-5-14-7-9/h3-5,7-8H,6,13H2,1-2H3,(H,16,17). The van der Waals surface area contributed by atoms with E-state index in [0.717, 1.165) is 0 Å². The molecule has 0 bridgehead atoms. The Morgan fingerprint density at radius 3 is 2.59 bits per heavy atom. The summed E-state index contributed by atoms with van der Waals surface area (Å²) in [6.07, 6.45) is 2.93. The van der Waals surface area contributed by atoms with Gasteiger partial charge >= 0.3 is 5.97 Å². The maximum atomic E-state index is 12.1. The zero-order valence-corrected chi connectivity index (χ0v) is 9.88. The molecule has 0 aliphatic rings. The molecule has 1 aromatic rings. The number of pyridine rings is 1. The number of carboxylic acids is 1. The van der Waals surface area contributed by atoms with Crippen molar-refractivity contribution in [3.63, 3.8) is 0 Å². The highest BCUT2D eigenvalue weighted by atomic mass is 16.4. The van der Waals surface area contributed by atoms with Crippen LogP contribution in [-0.2, 0) is 4.79 Å². The Morgan fingerprint density at radius 1 is 1.53 bits per heavy atom. The molecule has 1 unspecified atom stereocenters. The molecule has 0 saturated carbocycles. The third kappa shape index (κ3) is 2.88. The minimum atomic E-state index is -1.88. The second-order valence-electron chi connectivity index (χ2n) is 4.45. The van der Waals surface area contributed by atoms with Gasteiger partial charge in [0.05, 0.1) is 0 Å². The van der Waals surface area contributed by atoms with Crippen molar-refractivity contribution in [1.29, 1.82) is 0 Å². The molecule has 0 aliphatic heterocycles. The van der Waals surface area contributed by atoms with Crippen molar-refractivity contribution in [1.82, 2.24) is 4.98 Å². The number of aromatic nitrogens is 1. The van der Waals surface area contributed by atoms with E-state index in [1.165, 1.54) is 18.5 Å². The van der Waals surface area contributed by atoms with Crippen molar-refractivity contribution >= 4 is 11.8 Å². The lowest BCUT2D eigenvalue weighted by atomic mass is 9.83. The second kappa shape index (κ2) is 5.05. The number of aliphatic carboxylic acids is 1. The molecule has 0 aliphatic carbocycles. The summed E-state index contributed by atoms with van der Waals surface area (Å²) in [6, 6.07) is 3.09. The van der Waals surface area contributed by atoms with Gasteiger partial charge in [0.15, 0.2) is 11.3 Å². The minimum Gasteiger partial charge on any atom is -0.480 e. The van der Waals surface area contributed by atoms with Crippen molar-refractivity contribution < 1.29 is 14.7 Å². The molecule has 0 amide bonds. The van der Waals surface area contributed by atoms with Crippen LogP contribution >= 0.6 is 0 Å². The van der Waals surface area contributed by atoms with Crippen LogP contribution in [-0.4, -0.2) is 27.4 Å². The molecule has 5 heteroatoms. The minimum absolute atomic E-state index is 0.0109. The van der Waals surface area contributed by atoms with Crippen LogP contribution in [0, 0.1) is 5.92 Å².